The Bertz CT molecular complexity index is 769. The standard InChI is InChI=1S/C15H17N5O/c1-9-16-12-3-2-10(6-13(12)17-9)7-14-18-15(20-19-14)11-4-5-21-8-11/h2-3,6,11H,4-5,7-8H2,1H3,(H,16,17)(H,18,19,20)/t11-/m0/s1. The van der Waals surface area contributed by atoms with Gasteiger partial charge in [-0.1, -0.05) is 6.07 Å². The SMILES string of the molecule is Cc1nc2ccc(Cc3nc([C@H]4CCOC4)n[nH]3)cc2[nH]1. The summed E-state index contributed by atoms with van der Waals surface area (Å²) < 4.78 is 5.38. The number of hydrogen-bond acceptors (Lipinski definition) is 4. The topological polar surface area (TPSA) is 79.5 Å². The molecule has 6 nitrogen and oxygen atoms in total. The van der Waals surface area contributed by atoms with E-state index in [0.29, 0.717) is 5.92 Å². The van der Waals surface area contributed by atoms with Crippen LogP contribution in [0.1, 0.15) is 35.4 Å². The molecule has 0 amide bonds. The minimum atomic E-state index is 0.340. The lowest BCUT2D eigenvalue weighted by molar-refractivity contribution is 0.193. The minimum Gasteiger partial charge on any atom is -0.381 e. The number of imidazole rings is 1. The molecule has 3 aromatic rings. The zero-order valence-corrected chi connectivity index (χ0v) is 11.9. The van der Waals surface area contributed by atoms with Crippen molar-refractivity contribution in [3.05, 3.63) is 41.2 Å². The maximum absolute atomic E-state index is 5.38. The van der Waals surface area contributed by atoms with Crippen molar-refractivity contribution in [1.29, 1.82) is 0 Å². The van der Waals surface area contributed by atoms with E-state index < -0.39 is 0 Å². The summed E-state index contributed by atoms with van der Waals surface area (Å²) in [6.07, 6.45) is 1.76. The fourth-order valence-corrected chi connectivity index (χ4v) is 2.80. The molecule has 1 saturated heterocycles. The molecule has 1 fully saturated rings. The fraction of sp³-hybridized carbons (Fsp3) is 0.400. The molecule has 1 aromatic carbocycles. The normalized spacial score (nSPS) is 18.6. The van der Waals surface area contributed by atoms with Crippen molar-refractivity contribution in [2.24, 2.45) is 0 Å². The molecule has 0 saturated carbocycles. The zero-order chi connectivity index (χ0) is 14.2. The maximum Gasteiger partial charge on any atom is 0.156 e. The van der Waals surface area contributed by atoms with E-state index in [1.807, 2.05) is 13.0 Å². The molecule has 1 aliphatic heterocycles. The highest BCUT2D eigenvalue weighted by Crippen LogP contribution is 2.22. The van der Waals surface area contributed by atoms with Crippen LogP contribution in [0.2, 0.25) is 0 Å². The van der Waals surface area contributed by atoms with Crippen molar-refractivity contribution < 1.29 is 4.74 Å². The van der Waals surface area contributed by atoms with Crippen molar-refractivity contribution in [2.45, 2.75) is 25.7 Å². The van der Waals surface area contributed by atoms with Gasteiger partial charge in [0, 0.05) is 18.9 Å². The number of fused-ring (bicyclic) bond motifs is 1. The summed E-state index contributed by atoms with van der Waals surface area (Å²) in [4.78, 5) is 12.3. The van der Waals surface area contributed by atoms with Gasteiger partial charge in [0.2, 0.25) is 0 Å². The summed E-state index contributed by atoms with van der Waals surface area (Å²) in [7, 11) is 0. The Morgan fingerprint density at radius 1 is 1.33 bits per heavy atom. The number of ether oxygens (including phenoxy) is 1. The van der Waals surface area contributed by atoms with E-state index in [4.69, 9.17) is 4.74 Å². The molecule has 21 heavy (non-hydrogen) atoms. The van der Waals surface area contributed by atoms with Crippen LogP contribution in [-0.4, -0.2) is 38.4 Å². The summed E-state index contributed by atoms with van der Waals surface area (Å²) in [5.74, 6) is 3.05. The highest BCUT2D eigenvalue weighted by Gasteiger charge is 2.21. The van der Waals surface area contributed by atoms with E-state index in [9.17, 15) is 0 Å². The summed E-state index contributed by atoms with van der Waals surface area (Å²) in [6.45, 7) is 3.51. The second kappa shape index (κ2) is 4.96. The Labute approximate surface area is 122 Å². The molecule has 108 valence electrons. The quantitative estimate of drug-likeness (QED) is 0.771. The van der Waals surface area contributed by atoms with Crippen LogP contribution in [0.25, 0.3) is 11.0 Å². The van der Waals surface area contributed by atoms with Gasteiger partial charge in [-0.15, -0.1) is 0 Å². The molecule has 6 heteroatoms. The fourth-order valence-electron chi connectivity index (χ4n) is 2.80. The molecule has 3 heterocycles. The molecule has 2 aromatic heterocycles. The average molecular weight is 283 g/mol. The minimum absolute atomic E-state index is 0.340. The van der Waals surface area contributed by atoms with E-state index in [-0.39, 0.29) is 0 Å². The van der Waals surface area contributed by atoms with E-state index in [1.165, 1.54) is 5.56 Å². The van der Waals surface area contributed by atoms with Gasteiger partial charge in [0.1, 0.15) is 11.6 Å². The Balaban J connectivity index is 1.56. The van der Waals surface area contributed by atoms with Gasteiger partial charge >= 0.3 is 0 Å². The summed E-state index contributed by atoms with van der Waals surface area (Å²) in [5, 5.41) is 7.37. The molecule has 1 atom stereocenters. The highest BCUT2D eigenvalue weighted by atomic mass is 16.5. The van der Waals surface area contributed by atoms with Gasteiger partial charge < -0.3 is 9.72 Å². The number of H-pyrrole nitrogens is 2. The number of aromatic nitrogens is 5. The van der Waals surface area contributed by atoms with Crippen LogP contribution in [0.4, 0.5) is 0 Å². The van der Waals surface area contributed by atoms with Crippen LogP contribution < -0.4 is 0 Å². The number of aryl methyl sites for hydroxylation is 1. The third-order valence-electron chi connectivity index (χ3n) is 3.88. The smallest absolute Gasteiger partial charge is 0.156 e. The monoisotopic (exact) mass is 283 g/mol. The van der Waals surface area contributed by atoms with Gasteiger partial charge in [-0.25, -0.2) is 9.97 Å². The number of nitrogens with one attached hydrogen (secondary N) is 2. The first-order valence-corrected chi connectivity index (χ1v) is 7.22. The lowest BCUT2D eigenvalue weighted by Gasteiger charge is -2.00. The number of hydrogen-bond donors (Lipinski definition) is 2. The second-order valence-corrected chi connectivity index (χ2v) is 5.55. The van der Waals surface area contributed by atoms with E-state index >= 15 is 0 Å². The molecular weight excluding hydrogens is 266 g/mol. The Morgan fingerprint density at radius 2 is 2.29 bits per heavy atom. The molecule has 4 rings (SSSR count). The van der Waals surface area contributed by atoms with Crippen molar-refractivity contribution in [3.63, 3.8) is 0 Å². The highest BCUT2D eigenvalue weighted by molar-refractivity contribution is 5.75. The Kier molecular flexibility index (Phi) is 2.96. The van der Waals surface area contributed by atoms with Gasteiger partial charge in [0.05, 0.1) is 17.6 Å². The van der Waals surface area contributed by atoms with Crippen LogP contribution in [0.3, 0.4) is 0 Å². The number of aromatic amines is 2. The first kappa shape index (κ1) is 12.5. The Hall–Kier alpha value is -2.21. The predicted octanol–water partition coefficient (Wildman–Crippen LogP) is 2.08. The van der Waals surface area contributed by atoms with Crippen molar-refractivity contribution >= 4 is 11.0 Å². The molecule has 0 unspecified atom stereocenters. The summed E-state index contributed by atoms with van der Waals surface area (Å²) in [6, 6.07) is 6.25. The number of rotatable bonds is 3. The molecular formula is C15H17N5O. The molecule has 0 aliphatic carbocycles. The van der Waals surface area contributed by atoms with E-state index in [0.717, 1.165) is 54.6 Å². The third-order valence-corrected chi connectivity index (χ3v) is 3.88. The van der Waals surface area contributed by atoms with Gasteiger partial charge in [0.15, 0.2) is 5.82 Å². The second-order valence-electron chi connectivity index (χ2n) is 5.55. The molecule has 2 N–H and O–H groups in total. The van der Waals surface area contributed by atoms with Crippen LogP contribution in [-0.2, 0) is 11.2 Å². The summed E-state index contributed by atoms with van der Waals surface area (Å²) >= 11 is 0. The van der Waals surface area contributed by atoms with Crippen LogP contribution in [0.15, 0.2) is 18.2 Å². The van der Waals surface area contributed by atoms with Crippen molar-refractivity contribution in [2.75, 3.05) is 13.2 Å². The van der Waals surface area contributed by atoms with Crippen molar-refractivity contribution in [1.82, 2.24) is 25.1 Å². The van der Waals surface area contributed by atoms with Crippen molar-refractivity contribution in [3.8, 4) is 0 Å². The lowest BCUT2D eigenvalue weighted by atomic mass is 10.1. The first-order chi connectivity index (χ1) is 10.3. The van der Waals surface area contributed by atoms with Gasteiger partial charge in [0.25, 0.3) is 0 Å². The number of nitrogens with zero attached hydrogens (tertiary/aromatic N) is 3. The first-order valence-electron chi connectivity index (χ1n) is 7.22. The maximum atomic E-state index is 5.38. The van der Waals surface area contributed by atoms with Crippen LogP contribution in [0, 0.1) is 6.92 Å². The predicted molar refractivity (Wildman–Crippen MR) is 78.2 cm³/mol. The molecule has 0 spiro atoms. The zero-order valence-electron chi connectivity index (χ0n) is 11.9. The van der Waals surface area contributed by atoms with Gasteiger partial charge in [-0.05, 0) is 31.0 Å². The van der Waals surface area contributed by atoms with Crippen LogP contribution in [0.5, 0.6) is 0 Å². The molecule has 1 aliphatic rings. The van der Waals surface area contributed by atoms with Gasteiger partial charge in [-0.3, -0.25) is 5.10 Å². The third kappa shape index (κ3) is 2.42. The summed E-state index contributed by atoms with van der Waals surface area (Å²) in [5.41, 5.74) is 3.25. The molecule has 0 radical (unpaired) electrons. The van der Waals surface area contributed by atoms with E-state index in [2.05, 4.69) is 37.3 Å². The lowest BCUT2D eigenvalue weighted by Crippen LogP contribution is -2.00. The molecule has 0 bridgehead atoms. The number of benzene rings is 1. The van der Waals surface area contributed by atoms with E-state index in [1.54, 1.807) is 0 Å². The average Bonchev–Trinajstić information content (AvgIpc) is 3.16. The van der Waals surface area contributed by atoms with Crippen LogP contribution >= 0.6 is 0 Å². The Morgan fingerprint density at radius 3 is 3.14 bits per heavy atom. The van der Waals surface area contributed by atoms with Gasteiger partial charge in [-0.2, -0.15) is 5.10 Å². The largest absolute Gasteiger partial charge is 0.381 e.